The summed E-state index contributed by atoms with van der Waals surface area (Å²) in [6.45, 7) is 2.92. The second-order valence-electron chi connectivity index (χ2n) is 7.22. The lowest BCUT2D eigenvalue weighted by molar-refractivity contribution is 0.0972. The minimum atomic E-state index is -0.590. The van der Waals surface area contributed by atoms with Gasteiger partial charge in [0.05, 0.1) is 13.7 Å². The van der Waals surface area contributed by atoms with Gasteiger partial charge in [-0.25, -0.2) is 4.39 Å². The normalized spacial score (nSPS) is 15.8. The van der Waals surface area contributed by atoms with Gasteiger partial charge < -0.3 is 25.5 Å². The molecule has 9 heteroatoms. The van der Waals surface area contributed by atoms with E-state index in [1.165, 1.54) is 13.2 Å². The molecule has 0 unspecified atom stereocenters. The summed E-state index contributed by atoms with van der Waals surface area (Å²) < 4.78 is 24.2. The first kappa shape index (κ1) is 21.6. The van der Waals surface area contributed by atoms with Crippen LogP contribution in [-0.2, 0) is 13.1 Å². The van der Waals surface area contributed by atoms with Crippen LogP contribution in [0.3, 0.4) is 0 Å². The molecule has 0 saturated carbocycles. The van der Waals surface area contributed by atoms with Crippen molar-refractivity contribution in [1.82, 2.24) is 15.5 Å². The molecule has 1 aliphatic rings. The largest absolute Gasteiger partial charge is 0.494 e. The van der Waals surface area contributed by atoms with Crippen LogP contribution in [0.4, 0.5) is 4.39 Å². The molecule has 0 spiro atoms. The van der Waals surface area contributed by atoms with E-state index in [4.69, 9.17) is 14.9 Å². The van der Waals surface area contributed by atoms with E-state index >= 15 is 0 Å². The minimum Gasteiger partial charge on any atom is -0.494 e. The van der Waals surface area contributed by atoms with E-state index < -0.39 is 5.91 Å². The Balaban J connectivity index is 1.43. The third kappa shape index (κ3) is 5.73. The first-order valence-electron chi connectivity index (χ1n) is 9.89. The van der Waals surface area contributed by atoms with Gasteiger partial charge in [0.15, 0.2) is 23.3 Å². The lowest BCUT2D eigenvalue weighted by Gasteiger charge is -2.33. The number of piperidine rings is 1. The third-order valence-corrected chi connectivity index (χ3v) is 5.11. The Bertz CT molecular complexity index is 891. The number of furan rings is 1. The van der Waals surface area contributed by atoms with Crippen molar-refractivity contribution in [1.29, 1.82) is 0 Å². The highest BCUT2D eigenvalue weighted by Crippen LogP contribution is 2.20. The number of carbonyl (C=O) groups excluding carboxylic acids is 1. The Morgan fingerprint density at radius 1 is 1.33 bits per heavy atom. The Morgan fingerprint density at radius 2 is 2.10 bits per heavy atom. The molecular formula is C21H28FN5O3. The van der Waals surface area contributed by atoms with Gasteiger partial charge >= 0.3 is 0 Å². The zero-order chi connectivity index (χ0) is 21.5. The number of methoxy groups -OCH3 is 1. The standard InChI is InChI=1S/C21H28FN5O3/c1-24-21(25-12-16-4-6-19(30-16)20(23)28)26-15-7-9-27(10-8-15)13-14-3-5-18(29-2)17(22)11-14/h3-6,11,15H,7-10,12-13H2,1-2H3,(H2,23,28)(H2,24,25,26). The summed E-state index contributed by atoms with van der Waals surface area (Å²) in [7, 11) is 3.17. The van der Waals surface area contributed by atoms with Gasteiger partial charge in [0.25, 0.3) is 5.91 Å². The number of primary amides is 1. The van der Waals surface area contributed by atoms with Crippen molar-refractivity contribution in [2.45, 2.75) is 32.0 Å². The molecule has 1 fully saturated rings. The highest BCUT2D eigenvalue weighted by molar-refractivity contribution is 5.89. The lowest BCUT2D eigenvalue weighted by atomic mass is 10.0. The maximum absolute atomic E-state index is 13.9. The van der Waals surface area contributed by atoms with E-state index in [0.717, 1.165) is 31.5 Å². The van der Waals surface area contributed by atoms with Crippen molar-refractivity contribution in [3.8, 4) is 5.75 Å². The van der Waals surface area contributed by atoms with Crippen LogP contribution < -0.4 is 21.1 Å². The first-order chi connectivity index (χ1) is 14.5. The fourth-order valence-electron chi connectivity index (χ4n) is 3.47. The van der Waals surface area contributed by atoms with Crippen molar-refractivity contribution in [3.63, 3.8) is 0 Å². The topological polar surface area (TPSA) is 105 Å². The van der Waals surface area contributed by atoms with Crippen molar-refractivity contribution in [2.24, 2.45) is 10.7 Å². The molecule has 3 rings (SSSR count). The molecule has 2 aromatic rings. The highest BCUT2D eigenvalue weighted by atomic mass is 19.1. The number of rotatable bonds is 7. The smallest absolute Gasteiger partial charge is 0.284 e. The molecule has 30 heavy (non-hydrogen) atoms. The Hall–Kier alpha value is -3.07. The minimum absolute atomic E-state index is 0.138. The van der Waals surface area contributed by atoms with Gasteiger partial charge in [0.2, 0.25) is 0 Å². The number of benzene rings is 1. The summed E-state index contributed by atoms with van der Waals surface area (Å²) >= 11 is 0. The molecular weight excluding hydrogens is 389 g/mol. The van der Waals surface area contributed by atoms with Crippen LogP contribution in [0.25, 0.3) is 0 Å². The molecule has 2 heterocycles. The summed E-state index contributed by atoms with van der Waals surface area (Å²) in [5.74, 6) is 0.754. The number of hydrogen-bond donors (Lipinski definition) is 3. The quantitative estimate of drug-likeness (QED) is 0.469. The molecule has 1 aromatic heterocycles. The molecule has 8 nitrogen and oxygen atoms in total. The van der Waals surface area contributed by atoms with Gasteiger partial charge in [0, 0.05) is 32.7 Å². The molecule has 0 atom stereocenters. The van der Waals surface area contributed by atoms with Crippen LogP contribution in [0.2, 0.25) is 0 Å². The number of aliphatic imine (C=N–C) groups is 1. The number of nitrogens with two attached hydrogens (primary N) is 1. The Labute approximate surface area is 175 Å². The first-order valence-corrected chi connectivity index (χ1v) is 9.89. The number of nitrogens with one attached hydrogen (secondary N) is 2. The van der Waals surface area contributed by atoms with Crippen LogP contribution in [0.1, 0.15) is 34.7 Å². The monoisotopic (exact) mass is 417 g/mol. The summed E-state index contributed by atoms with van der Waals surface area (Å²) in [5.41, 5.74) is 6.13. The van der Waals surface area contributed by atoms with Crippen molar-refractivity contribution in [2.75, 3.05) is 27.2 Å². The number of halogens is 1. The van der Waals surface area contributed by atoms with E-state index in [1.54, 1.807) is 25.2 Å². The Kier molecular flexibility index (Phi) is 7.29. The summed E-state index contributed by atoms with van der Waals surface area (Å²) in [6, 6.07) is 8.66. The third-order valence-electron chi connectivity index (χ3n) is 5.11. The van der Waals surface area contributed by atoms with Gasteiger partial charge in [-0.2, -0.15) is 0 Å². The maximum Gasteiger partial charge on any atom is 0.284 e. The van der Waals surface area contributed by atoms with Crippen LogP contribution in [0.5, 0.6) is 5.75 Å². The maximum atomic E-state index is 13.9. The number of ether oxygens (including phenoxy) is 1. The van der Waals surface area contributed by atoms with Gasteiger partial charge in [0.1, 0.15) is 5.76 Å². The second-order valence-corrected chi connectivity index (χ2v) is 7.22. The number of carbonyl (C=O) groups is 1. The molecule has 4 N–H and O–H groups in total. The van der Waals surface area contributed by atoms with Crippen molar-refractivity contribution < 1.29 is 18.3 Å². The number of hydrogen-bond acceptors (Lipinski definition) is 5. The van der Waals surface area contributed by atoms with Gasteiger partial charge in [-0.1, -0.05) is 6.07 Å². The fraction of sp³-hybridized carbons (Fsp3) is 0.429. The van der Waals surface area contributed by atoms with Crippen molar-refractivity contribution in [3.05, 3.63) is 53.2 Å². The number of amides is 1. The van der Waals surface area contributed by atoms with E-state index in [2.05, 4.69) is 20.5 Å². The lowest BCUT2D eigenvalue weighted by Crippen LogP contribution is -2.48. The zero-order valence-electron chi connectivity index (χ0n) is 17.3. The molecule has 1 aliphatic heterocycles. The van der Waals surface area contributed by atoms with E-state index in [1.807, 2.05) is 6.07 Å². The molecule has 0 bridgehead atoms. The van der Waals surface area contributed by atoms with Crippen LogP contribution in [0, 0.1) is 5.82 Å². The summed E-state index contributed by atoms with van der Waals surface area (Å²) in [4.78, 5) is 17.7. The molecule has 162 valence electrons. The SMILES string of the molecule is CN=C(NCc1ccc(C(N)=O)o1)NC1CCN(Cc2ccc(OC)c(F)c2)CC1. The van der Waals surface area contributed by atoms with Crippen LogP contribution in [-0.4, -0.2) is 50.1 Å². The Morgan fingerprint density at radius 3 is 2.70 bits per heavy atom. The van der Waals surface area contributed by atoms with Gasteiger partial charge in [-0.3, -0.25) is 14.7 Å². The molecule has 0 radical (unpaired) electrons. The average molecular weight is 417 g/mol. The highest BCUT2D eigenvalue weighted by Gasteiger charge is 2.20. The average Bonchev–Trinajstić information content (AvgIpc) is 3.22. The second kappa shape index (κ2) is 10.1. The van der Waals surface area contributed by atoms with Crippen LogP contribution in [0.15, 0.2) is 39.7 Å². The number of nitrogens with zero attached hydrogens (tertiary/aromatic N) is 2. The van der Waals surface area contributed by atoms with E-state index in [-0.39, 0.29) is 23.4 Å². The molecule has 1 saturated heterocycles. The number of guanidine groups is 1. The molecule has 0 aliphatic carbocycles. The summed E-state index contributed by atoms with van der Waals surface area (Å²) in [5, 5.41) is 6.60. The summed E-state index contributed by atoms with van der Waals surface area (Å²) in [6.07, 6.45) is 1.90. The van der Waals surface area contributed by atoms with E-state index in [9.17, 15) is 9.18 Å². The zero-order valence-corrected chi connectivity index (χ0v) is 17.3. The predicted molar refractivity (Wildman–Crippen MR) is 112 cm³/mol. The molecule has 1 amide bonds. The predicted octanol–water partition coefficient (Wildman–Crippen LogP) is 1.86. The molecule has 1 aromatic carbocycles. The van der Waals surface area contributed by atoms with Gasteiger partial charge in [-0.15, -0.1) is 0 Å². The fourth-order valence-corrected chi connectivity index (χ4v) is 3.47. The van der Waals surface area contributed by atoms with Crippen molar-refractivity contribution >= 4 is 11.9 Å². The van der Waals surface area contributed by atoms with E-state index in [0.29, 0.717) is 24.8 Å². The van der Waals surface area contributed by atoms with Crippen LogP contribution >= 0.6 is 0 Å². The van der Waals surface area contributed by atoms with Gasteiger partial charge in [-0.05, 0) is 42.7 Å². The number of likely N-dealkylation sites (tertiary alicyclic amines) is 1.